The number of hydrogen-bond donors (Lipinski definition) is 1. The summed E-state index contributed by atoms with van der Waals surface area (Å²) in [4.78, 5) is 14.2. The molecule has 5 heteroatoms. The lowest BCUT2D eigenvalue weighted by Gasteiger charge is -2.22. The fourth-order valence-electron chi connectivity index (χ4n) is 2.90. The largest absolute Gasteiger partial charge is 0.483 e. The molecule has 0 radical (unpaired) electrons. The highest BCUT2D eigenvalue weighted by atomic mass is 35.5. The molecular weight excluding hydrogens is 288 g/mol. The van der Waals surface area contributed by atoms with Crippen LogP contribution in [0.3, 0.4) is 0 Å². The molecule has 1 amide bonds. The Labute approximate surface area is 133 Å². The Morgan fingerprint density at radius 1 is 1.38 bits per heavy atom. The van der Waals surface area contributed by atoms with E-state index in [1.54, 1.807) is 0 Å². The molecule has 2 N–H and O–H groups in total. The van der Waals surface area contributed by atoms with E-state index in [-0.39, 0.29) is 31.0 Å². The molecule has 1 heterocycles. The zero-order valence-electron chi connectivity index (χ0n) is 13.0. The number of halogens is 1. The molecule has 1 saturated heterocycles. The molecule has 1 aliphatic rings. The molecule has 2 unspecified atom stereocenters. The minimum atomic E-state index is 0. The van der Waals surface area contributed by atoms with Crippen LogP contribution in [0.15, 0.2) is 18.2 Å². The Bertz CT molecular complexity index is 473. The first kappa shape index (κ1) is 17.8. The van der Waals surface area contributed by atoms with Gasteiger partial charge in [-0.3, -0.25) is 4.79 Å². The van der Waals surface area contributed by atoms with Crippen LogP contribution in [0.5, 0.6) is 5.75 Å². The highest BCUT2D eigenvalue weighted by Gasteiger charge is 2.31. The minimum absolute atomic E-state index is 0. The molecule has 1 fully saturated rings. The number of likely N-dealkylation sites (tertiary alicyclic amines) is 1. The summed E-state index contributed by atoms with van der Waals surface area (Å²) in [5.74, 6) is 1.30. The molecule has 0 aliphatic carbocycles. The summed E-state index contributed by atoms with van der Waals surface area (Å²) in [7, 11) is 0. The summed E-state index contributed by atoms with van der Waals surface area (Å²) >= 11 is 0. The van der Waals surface area contributed by atoms with Crippen LogP contribution in [-0.2, 0) is 4.79 Å². The minimum Gasteiger partial charge on any atom is -0.483 e. The number of nitrogens with zero attached hydrogens (tertiary/aromatic N) is 1. The molecule has 0 bridgehead atoms. The van der Waals surface area contributed by atoms with Crippen LogP contribution in [0, 0.1) is 19.8 Å². The smallest absolute Gasteiger partial charge is 0.260 e. The van der Waals surface area contributed by atoms with E-state index < -0.39 is 0 Å². The van der Waals surface area contributed by atoms with Crippen molar-refractivity contribution in [1.29, 1.82) is 0 Å². The second-order valence-corrected chi connectivity index (χ2v) is 5.74. The maximum absolute atomic E-state index is 12.3. The highest BCUT2D eigenvalue weighted by Crippen LogP contribution is 2.24. The fraction of sp³-hybridized carbons (Fsp3) is 0.562. The third kappa shape index (κ3) is 4.11. The quantitative estimate of drug-likeness (QED) is 0.928. The van der Waals surface area contributed by atoms with Gasteiger partial charge in [-0.05, 0) is 50.8 Å². The van der Waals surface area contributed by atoms with Crippen LogP contribution >= 0.6 is 12.4 Å². The Balaban J connectivity index is 0.00000220. The summed E-state index contributed by atoms with van der Waals surface area (Å²) in [6.07, 6.45) is 0.992. The monoisotopic (exact) mass is 312 g/mol. The van der Waals surface area contributed by atoms with Crippen LogP contribution in [0.4, 0.5) is 0 Å². The highest BCUT2D eigenvalue weighted by molar-refractivity contribution is 5.85. The van der Waals surface area contributed by atoms with E-state index in [0.717, 1.165) is 29.8 Å². The fourth-order valence-corrected chi connectivity index (χ4v) is 2.90. The van der Waals surface area contributed by atoms with E-state index in [9.17, 15) is 4.79 Å². The first-order valence-electron chi connectivity index (χ1n) is 7.21. The molecule has 0 spiro atoms. The lowest BCUT2D eigenvalue weighted by Crippen LogP contribution is -2.37. The van der Waals surface area contributed by atoms with Gasteiger partial charge in [-0.25, -0.2) is 0 Å². The van der Waals surface area contributed by atoms with Crippen molar-refractivity contribution in [2.75, 3.05) is 19.7 Å². The van der Waals surface area contributed by atoms with Gasteiger partial charge in [0.2, 0.25) is 0 Å². The topological polar surface area (TPSA) is 55.6 Å². The molecule has 118 valence electrons. The van der Waals surface area contributed by atoms with Crippen LogP contribution in [-0.4, -0.2) is 36.5 Å². The number of ether oxygens (including phenoxy) is 1. The predicted molar refractivity (Wildman–Crippen MR) is 87.0 cm³/mol. The Morgan fingerprint density at radius 3 is 2.52 bits per heavy atom. The number of benzene rings is 1. The summed E-state index contributed by atoms with van der Waals surface area (Å²) in [6.45, 7) is 7.57. The second kappa shape index (κ2) is 7.66. The van der Waals surface area contributed by atoms with Gasteiger partial charge in [0.25, 0.3) is 5.91 Å². The van der Waals surface area contributed by atoms with E-state index in [1.165, 1.54) is 0 Å². The molecule has 21 heavy (non-hydrogen) atoms. The van der Waals surface area contributed by atoms with E-state index in [0.29, 0.717) is 12.5 Å². The Morgan fingerprint density at radius 2 is 2.00 bits per heavy atom. The summed E-state index contributed by atoms with van der Waals surface area (Å²) < 4.78 is 5.74. The average molecular weight is 313 g/mol. The first-order chi connectivity index (χ1) is 9.52. The number of carbonyl (C=O) groups is 1. The lowest BCUT2D eigenvalue weighted by atomic mass is 10.1. The maximum atomic E-state index is 12.3. The molecule has 0 aromatic heterocycles. The lowest BCUT2D eigenvalue weighted by molar-refractivity contribution is -0.134. The molecule has 2 atom stereocenters. The third-order valence-electron chi connectivity index (χ3n) is 4.06. The van der Waals surface area contributed by atoms with E-state index >= 15 is 0 Å². The maximum Gasteiger partial charge on any atom is 0.260 e. The van der Waals surface area contributed by atoms with Gasteiger partial charge in [0.05, 0.1) is 0 Å². The number of aryl methyl sites for hydroxylation is 2. The average Bonchev–Trinajstić information content (AvgIpc) is 2.79. The van der Waals surface area contributed by atoms with Crippen molar-refractivity contribution in [3.63, 3.8) is 0 Å². The van der Waals surface area contributed by atoms with Crippen molar-refractivity contribution in [2.45, 2.75) is 33.2 Å². The van der Waals surface area contributed by atoms with Crippen LogP contribution in [0.25, 0.3) is 0 Å². The molecule has 1 aliphatic heterocycles. The van der Waals surface area contributed by atoms with E-state index in [1.807, 2.05) is 36.9 Å². The zero-order chi connectivity index (χ0) is 14.7. The van der Waals surface area contributed by atoms with Gasteiger partial charge in [-0.1, -0.05) is 18.2 Å². The van der Waals surface area contributed by atoms with Crippen LogP contribution < -0.4 is 10.5 Å². The molecule has 2 rings (SSSR count). The zero-order valence-corrected chi connectivity index (χ0v) is 13.8. The van der Waals surface area contributed by atoms with Crippen molar-refractivity contribution in [1.82, 2.24) is 4.90 Å². The van der Waals surface area contributed by atoms with Crippen molar-refractivity contribution in [3.05, 3.63) is 29.3 Å². The number of nitrogens with two attached hydrogens (primary N) is 1. The molecule has 1 aromatic rings. The van der Waals surface area contributed by atoms with Gasteiger partial charge < -0.3 is 15.4 Å². The SMILES string of the molecule is Cc1cccc(C)c1OCC(=O)N1CC(CN)CC1C.Cl. The summed E-state index contributed by atoms with van der Waals surface area (Å²) in [6, 6.07) is 6.25. The van der Waals surface area contributed by atoms with Gasteiger partial charge in [-0.2, -0.15) is 0 Å². The summed E-state index contributed by atoms with van der Waals surface area (Å²) in [5, 5.41) is 0. The first-order valence-corrected chi connectivity index (χ1v) is 7.21. The van der Waals surface area contributed by atoms with Gasteiger partial charge in [0.15, 0.2) is 6.61 Å². The van der Waals surface area contributed by atoms with Crippen molar-refractivity contribution >= 4 is 18.3 Å². The summed E-state index contributed by atoms with van der Waals surface area (Å²) in [5.41, 5.74) is 7.82. The molecular formula is C16H25ClN2O2. The van der Waals surface area contributed by atoms with Gasteiger partial charge >= 0.3 is 0 Å². The standard InChI is InChI=1S/C16H24N2O2.ClH/c1-11-5-4-6-12(2)16(11)20-10-15(19)18-9-14(8-17)7-13(18)3;/h4-6,13-14H,7-10,17H2,1-3H3;1H. The van der Waals surface area contributed by atoms with Crippen molar-refractivity contribution in [2.24, 2.45) is 11.7 Å². The van der Waals surface area contributed by atoms with E-state index in [2.05, 4.69) is 6.92 Å². The molecule has 4 nitrogen and oxygen atoms in total. The number of hydrogen-bond acceptors (Lipinski definition) is 3. The van der Waals surface area contributed by atoms with Gasteiger partial charge in [0, 0.05) is 12.6 Å². The number of para-hydroxylation sites is 1. The Kier molecular flexibility index (Phi) is 6.49. The van der Waals surface area contributed by atoms with Crippen LogP contribution in [0.2, 0.25) is 0 Å². The number of rotatable bonds is 4. The number of carbonyl (C=O) groups excluding carboxylic acids is 1. The van der Waals surface area contributed by atoms with Gasteiger partial charge in [-0.15, -0.1) is 12.4 Å². The normalized spacial score (nSPS) is 21.0. The predicted octanol–water partition coefficient (Wildman–Crippen LogP) is 2.30. The van der Waals surface area contributed by atoms with Crippen molar-refractivity contribution in [3.8, 4) is 5.75 Å². The second-order valence-electron chi connectivity index (χ2n) is 5.74. The van der Waals surface area contributed by atoms with Crippen molar-refractivity contribution < 1.29 is 9.53 Å². The molecule has 0 saturated carbocycles. The Hall–Kier alpha value is -1.26. The number of amides is 1. The molecule has 1 aromatic carbocycles. The van der Waals surface area contributed by atoms with Crippen LogP contribution in [0.1, 0.15) is 24.5 Å². The van der Waals surface area contributed by atoms with E-state index in [4.69, 9.17) is 10.5 Å². The van der Waals surface area contributed by atoms with Gasteiger partial charge in [0.1, 0.15) is 5.75 Å². The third-order valence-corrected chi connectivity index (χ3v) is 4.06.